The van der Waals surface area contributed by atoms with Crippen LogP contribution in [0.1, 0.15) is 47.8 Å². The Labute approximate surface area is 157 Å². The van der Waals surface area contributed by atoms with Crippen molar-refractivity contribution >= 4 is 28.0 Å². The summed E-state index contributed by atoms with van der Waals surface area (Å²) in [5.41, 5.74) is 3.38. The molecule has 134 valence electrons. The van der Waals surface area contributed by atoms with Gasteiger partial charge in [-0.05, 0) is 43.7 Å². The molecule has 1 aliphatic rings. The largest absolute Gasteiger partial charge is 0.385 e. The molecule has 3 rings (SSSR count). The molecule has 1 heterocycles. The zero-order valence-electron chi connectivity index (χ0n) is 14.7. The predicted octanol–water partition coefficient (Wildman–Crippen LogP) is 4.27. The van der Waals surface area contributed by atoms with Gasteiger partial charge in [0, 0.05) is 4.88 Å². The van der Waals surface area contributed by atoms with Gasteiger partial charge in [0.2, 0.25) is 0 Å². The van der Waals surface area contributed by atoms with Crippen LogP contribution in [0.4, 0.5) is 5.00 Å². The molecule has 0 unspecified atom stereocenters. The van der Waals surface area contributed by atoms with Gasteiger partial charge in [-0.25, -0.2) is 0 Å². The molecule has 0 aliphatic heterocycles. The summed E-state index contributed by atoms with van der Waals surface area (Å²) in [6, 6.07) is 11.9. The third kappa shape index (κ3) is 4.30. The summed E-state index contributed by atoms with van der Waals surface area (Å²) in [7, 11) is 0. The van der Waals surface area contributed by atoms with Crippen LogP contribution in [0.2, 0.25) is 0 Å². The lowest BCUT2D eigenvalue weighted by molar-refractivity contribution is -0.120. The van der Waals surface area contributed by atoms with Gasteiger partial charge in [0.25, 0.3) is 5.91 Å². The Balaban J connectivity index is 1.61. The van der Waals surface area contributed by atoms with Crippen molar-refractivity contribution < 1.29 is 9.63 Å². The van der Waals surface area contributed by atoms with Gasteiger partial charge in [-0.15, -0.1) is 11.3 Å². The van der Waals surface area contributed by atoms with Crippen LogP contribution in [0.25, 0.3) is 0 Å². The first-order chi connectivity index (χ1) is 12.7. The van der Waals surface area contributed by atoms with Gasteiger partial charge in [-0.1, -0.05) is 41.9 Å². The van der Waals surface area contributed by atoms with Gasteiger partial charge < -0.3 is 10.2 Å². The van der Waals surface area contributed by atoms with Crippen LogP contribution in [0, 0.1) is 11.3 Å². The number of hydrogen-bond acceptors (Lipinski definition) is 5. The highest BCUT2D eigenvalue weighted by Crippen LogP contribution is 2.36. The first-order valence-corrected chi connectivity index (χ1v) is 9.57. The zero-order valence-corrected chi connectivity index (χ0v) is 15.6. The number of aryl methyl sites for hydroxylation is 1. The van der Waals surface area contributed by atoms with E-state index >= 15 is 0 Å². The number of fused-ring (bicyclic) bond motifs is 1. The highest BCUT2D eigenvalue weighted by atomic mass is 32.1. The van der Waals surface area contributed by atoms with Gasteiger partial charge in [-0.2, -0.15) is 5.26 Å². The van der Waals surface area contributed by atoms with Gasteiger partial charge in [0.1, 0.15) is 11.1 Å². The lowest BCUT2D eigenvalue weighted by atomic mass is 10.1. The summed E-state index contributed by atoms with van der Waals surface area (Å²) in [4.78, 5) is 18.6. The smallest absolute Gasteiger partial charge is 0.265 e. The van der Waals surface area contributed by atoms with Crippen molar-refractivity contribution in [2.75, 3.05) is 11.9 Å². The molecule has 1 amide bonds. The molecule has 5 nitrogen and oxygen atoms in total. The monoisotopic (exact) mass is 367 g/mol. The van der Waals surface area contributed by atoms with Crippen molar-refractivity contribution in [3.05, 3.63) is 51.9 Å². The Bertz CT molecular complexity index is 850. The van der Waals surface area contributed by atoms with E-state index in [0.717, 1.165) is 36.8 Å². The number of rotatable bonds is 5. The highest BCUT2D eigenvalue weighted by molar-refractivity contribution is 7.16. The maximum Gasteiger partial charge on any atom is 0.265 e. The lowest BCUT2D eigenvalue weighted by Crippen LogP contribution is -2.17. The number of carbonyl (C=O) groups excluding carboxylic acids is 1. The van der Waals surface area contributed by atoms with Crippen molar-refractivity contribution in [3.63, 3.8) is 0 Å². The molecule has 6 heteroatoms. The van der Waals surface area contributed by atoms with E-state index in [1.54, 1.807) is 0 Å². The summed E-state index contributed by atoms with van der Waals surface area (Å²) >= 11 is 1.52. The fourth-order valence-electron chi connectivity index (χ4n) is 3.03. The molecule has 26 heavy (non-hydrogen) atoms. The number of carbonyl (C=O) groups is 1. The number of nitrogens with one attached hydrogen (secondary N) is 1. The average Bonchev–Trinajstić information content (AvgIpc) is 2.81. The van der Waals surface area contributed by atoms with E-state index in [-0.39, 0.29) is 12.5 Å². The molecular weight excluding hydrogens is 346 g/mol. The first-order valence-electron chi connectivity index (χ1n) is 8.75. The maximum atomic E-state index is 12.2. The summed E-state index contributed by atoms with van der Waals surface area (Å²) in [5.74, 6) is -0.303. The minimum Gasteiger partial charge on any atom is -0.385 e. The molecule has 0 saturated carbocycles. The number of hydrogen-bond donors (Lipinski definition) is 1. The van der Waals surface area contributed by atoms with E-state index in [0.29, 0.717) is 16.3 Å². The Morgan fingerprint density at radius 3 is 2.81 bits per heavy atom. The Kier molecular flexibility index (Phi) is 6.03. The van der Waals surface area contributed by atoms with E-state index in [1.165, 1.54) is 22.6 Å². The second-order valence-corrected chi connectivity index (χ2v) is 7.35. The minimum absolute atomic E-state index is 0.183. The number of anilines is 1. The molecule has 1 aliphatic carbocycles. The third-order valence-corrected chi connectivity index (χ3v) is 5.58. The average molecular weight is 367 g/mol. The molecule has 0 atom stereocenters. The highest BCUT2D eigenvalue weighted by Gasteiger charge is 2.21. The van der Waals surface area contributed by atoms with Gasteiger partial charge in [0.05, 0.1) is 11.3 Å². The van der Waals surface area contributed by atoms with E-state index < -0.39 is 0 Å². The fourth-order valence-corrected chi connectivity index (χ4v) is 4.29. The predicted molar refractivity (Wildman–Crippen MR) is 104 cm³/mol. The Morgan fingerprint density at radius 2 is 2.04 bits per heavy atom. The second-order valence-electron chi connectivity index (χ2n) is 6.24. The van der Waals surface area contributed by atoms with Crippen LogP contribution in [-0.4, -0.2) is 18.2 Å². The summed E-state index contributed by atoms with van der Waals surface area (Å²) in [5, 5.41) is 16.9. The molecule has 2 aromatic rings. The molecule has 1 N–H and O–H groups in total. The number of nitrogens with zero attached hydrogens (tertiary/aromatic N) is 2. The van der Waals surface area contributed by atoms with Crippen molar-refractivity contribution in [3.8, 4) is 6.07 Å². The molecule has 0 spiro atoms. The molecular formula is C20H21N3O2S. The van der Waals surface area contributed by atoms with Crippen LogP contribution in [-0.2, 0) is 22.5 Å². The maximum absolute atomic E-state index is 12.2. The topological polar surface area (TPSA) is 74.5 Å². The van der Waals surface area contributed by atoms with Crippen LogP contribution in [0.15, 0.2) is 35.5 Å². The van der Waals surface area contributed by atoms with Crippen LogP contribution in [0.5, 0.6) is 0 Å². The number of oxime groups is 1. The standard InChI is InChI=1S/C20H21N3O2S/c1-14(15-8-4-2-5-9-15)23-25-13-19(24)22-20-17(12-21)16-10-6-3-7-11-18(16)26-20/h2,4-5,8-9H,3,6-7,10-11,13H2,1H3,(H,22,24). The lowest BCUT2D eigenvalue weighted by Gasteiger charge is -2.04. The SMILES string of the molecule is CC(=NOCC(=O)Nc1sc2c(c1C#N)CCCCC2)c1ccccc1. The molecule has 1 aromatic carbocycles. The normalized spacial score (nSPS) is 14.1. The van der Waals surface area contributed by atoms with E-state index in [1.807, 2.05) is 37.3 Å². The van der Waals surface area contributed by atoms with Crippen molar-refractivity contribution in [2.24, 2.45) is 5.16 Å². The van der Waals surface area contributed by atoms with Gasteiger partial charge >= 0.3 is 0 Å². The first kappa shape index (κ1) is 18.2. The second kappa shape index (κ2) is 8.63. The van der Waals surface area contributed by atoms with Crippen molar-refractivity contribution in [1.82, 2.24) is 0 Å². The zero-order chi connectivity index (χ0) is 18.4. The summed E-state index contributed by atoms with van der Waals surface area (Å²) < 4.78 is 0. The summed E-state index contributed by atoms with van der Waals surface area (Å²) in [6.45, 7) is 1.65. The van der Waals surface area contributed by atoms with E-state index in [9.17, 15) is 10.1 Å². The Hall–Kier alpha value is -2.65. The van der Waals surface area contributed by atoms with Crippen LogP contribution >= 0.6 is 11.3 Å². The molecule has 0 fully saturated rings. The van der Waals surface area contributed by atoms with E-state index in [4.69, 9.17) is 4.84 Å². The number of benzene rings is 1. The van der Waals surface area contributed by atoms with Crippen LogP contribution in [0.3, 0.4) is 0 Å². The molecule has 0 radical (unpaired) electrons. The minimum atomic E-state index is -0.303. The fraction of sp³-hybridized carbons (Fsp3) is 0.350. The Morgan fingerprint density at radius 1 is 1.27 bits per heavy atom. The number of thiophene rings is 1. The molecule has 0 bridgehead atoms. The molecule has 0 saturated heterocycles. The van der Waals surface area contributed by atoms with Crippen LogP contribution < -0.4 is 5.32 Å². The van der Waals surface area contributed by atoms with Gasteiger partial charge in [0.15, 0.2) is 6.61 Å². The number of nitriles is 1. The quantitative estimate of drug-likeness (QED) is 0.487. The molecule has 1 aromatic heterocycles. The summed E-state index contributed by atoms with van der Waals surface area (Å²) in [6.07, 6.45) is 5.34. The van der Waals surface area contributed by atoms with Gasteiger partial charge in [-0.3, -0.25) is 4.79 Å². The third-order valence-electron chi connectivity index (χ3n) is 4.37. The van der Waals surface area contributed by atoms with Crippen molar-refractivity contribution in [1.29, 1.82) is 5.26 Å². The number of amides is 1. The van der Waals surface area contributed by atoms with E-state index in [2.05, 4.69) is 16.5 Å². The van der Waals surface area contributed by atoms with Crippen molar-refractivity contribution in [2.45, 2.75) is 39.0 Å².